The third kappa shape index (κ3) is 8.46. The molecule has 1 aliphatic heterocycles. The van der Waals surface area contributed by atoms with Crippen LogP contribution in [0.25, 0.3) is 5.69 Å². The number of nitriles is 1. The van der Waals surface area contributed by atoms with Gasteiger partial charge in [-0.05, 0) is 72.0 Å². The van der Waals surface area contributed by atoms with Gasteiger partial charge in [-0.25, -0.2) is 9.07 Å². The molecule has 0 N–H and O–H groups in total. The molecule has 196 valence electrons. The summed E-state index contributed by atoms with van der Waals surface area (Å²) >= 11 is 0. The van der Waals surface area contributed by atoms with Crippen LogP contribution in [0.3, 0.4) is 0 Å². The van der Waals surface area contributed by atoms with Crippen LogP contribution >= 0.6 is 0 Å². The van der Waals surface area contributed by atoms with E-state index in [1.165, 1.54) is 25.0 Å². The first-order valence-electron chi connectivity index (χ1n) is 12.9. The van der Waals surface area contributed by atoms with E-state index < -0.39 is 5.82 Å². The number of amides is 1. The van der Waals surface area contributed by atoms with Crippen molar-refractivity contribution in [3.05, 3.63) is 71.3 Å². The molecule has 8 nitrogen and oxygen atoms in total. The van der Waals surface area contributed by atoms with E-state index in [2.05, 4.69) is 40.3 Å². The van der Waals surface area contributed by atoms with E-state index in [1.807, 2.05) is 24.0 Å². The first-order valence-corrected chi connectivity index (χ1v) is 12.9. The van der Waals surface area contributed by atoms with Crippen LogP contribution < -0.4 is 0 Å². The molecule has 1 atom stereocenters. The molecule has 1 saturated heterocycles. The van der Waals surface area contributed by atoms with Crippen molar-refractivity contribution in [1.82, 2.24) is 30.0 Å². The van der Waals surface area contributed by atoms with E-state index in [4.69, 9.17) is 5.26 Å². The predicted octanol–water partition coefficient (Wildman–Crippen LogP) is 4.18. The summed E-state index contributed by atoms with van der Waals surface area (Å²) < 4.78 is 14.0. The lowest BCUT2D eigenvalue weighted by Crippen LogP contribution is -2.37. The quantitative estimate of drug-likeness (QED) is 0.478. The number of rotatable bonds is 7. The molecule has 37 heavy (non-hydrogen) atoms. The number of carbonyl (C=O) groups excluding carboxylic acids is 1. The van der Waals surface area contributed by atoms with Crippen LogP contribution in [0.2, 0.25) is 0 Å². The highest BCUT2D eigenvalue weighted by molar-refractivity contribution is 5.79. The number of hydrogen-bond acceptors (Lipinski definition) is 6. The third-order valence-electron chi connectivity index (χ3n) is 6.50. The van der Waals surface area contributed by atoms with Crippen LogP contribution in [0.4, 0.5) is 4.39 Å². The molecule has 0 spiro atoms. The van der Waals surface area contributed by atoms with E-state index in [0.29, 0.717) is 6.42 Å². The van der Waals surface area contributed by atoms with E-state index in [-0.39, 0.29) is 11.5 Å². The maximum atomic E-state index is 12.8. The van der Waals surface area contributed by atoms with Gasteiger partial charge in [0.15, 0.2) is 0 Å². The Morgan fingerprint density at radius 2 is 1.97 bits per heavy atom. The second-order valence-electron chi connectivity index (χ2n) is 9.57. The smallest absolute Gasteiger partial charge is 0.227 e. The van der Waals surface area contributed by atoms with Gasteiger partial charge in [0.1, 0.15) is 18.2 Å². The summed E-state index contributed by atoms with van der Waals surface area (Å²) in [6, 6.07) is 13.6. The Morgan fingerprint density at radius 3 is 2.62 bits per heavy atom. The summed E-state index contributed by atoms with van der Waals surface area (Å²) in [5, 5.41) is 19.5. The second kappa shape index (κ2) is 14.2. The molecule has 9 heteroatoms. The normalized spacial score (nSPS) is 14.7. The van der Waals surface area contributed by atoms with Crippen molar-refractivity contribution in [2.75, 3.05) is 32.7 Å². The van der Waals surface area contributed by atoms with E-state index in [1.54, 1.807) is 29.2 Å². The van der Waals surface area contributed by atoms with Gasteiger partial charge in [0.25, 0.3) is 0 Å². The Hall–Kier alpha value is -3.64. The lowest BCUT2D eigenvalue weighted by Gasteiger charge is -2.24. The van der Waals surface area contributed by atoms with Crippen LogP contribution in [0, 0.1) is 30.0 Å². The molecule has 2 heterocycles. The highest BCUT2D eigenvalue weighted by Crippen LogP contribution is 2.16. The Balaban J connectivity index is 0.000000356. The lowest BCUT2D eigenvalue weighted by molar-refractivity contribution is -0.130. The predicted molar refractivity (Wildman–Crippen MR) is 140 cm³/mol. The minimum absolute atomic E-state index is 0.0949. The third-order valence-corrected chi connectivity index (χ3v) is 6.50. The van der Waals surface area contributed by atoms with Crippen LogP contribution in [0.15, 0.2) is 48.8 Å². The highest BCUT2D eigenvalue weighted by atomic mass is 19.1. The van der Waals surface area contributed by atoms with Gasteiger partial charge >= 0.3 is 0 Å². The summed E-state index contributed by atoms with van der Waals surface area (Å²) in [4.78, 5) is 17.4. The number of nitrogens with zero attached hydrogens (tertiary/aromatic N) is 7. The fraction of sp³-hybridized carbons (Fsp3) is 0.464. The van der Waals surface area contributed by atoms with Gasteiger partial charge in [-0.15, -0.1) is 5.10 Å². The first-order chi connectivity index (χ1) is 17.9. The Morgan fingerprint density at radius 1 is 1.16 bits per heavy atom. The zero-order chi connectivity index (χ0) is 26.6. The first kappa shape index (κ1) is 27.9. The minimum Gasteiger partial charge on any atom is -0.341 e. The van der Waals surface area contributed by atoms with E-state index in [9.17, 15) is 9.18 Å². The second-order valence-corrected chi connectivity index (χ2v) is 9.57. The average molecular weight is 506 g/mol. The molecule has 0 radical (unpaired) electrons. The largest absolute Gasteiger partial charge is 0.341 e. The highest BCUT2D eigenvalue weighted by Gasteiger charge is 2.20. The lowest BCUT2D eigenvalue weighted by atomic mass is 10.1. The molecule has 2 aromatic carbocycles. The Labute approximate surface area is 218 Å². The summed E-state index contributed by atoms with van der Waals surface area (Å²) in [6.45, 7) is 11.5. The summed E-state index contributed by atoms with van der Waals surface area (Å²) in [6.07, 6.45) is 5.60. The van der Waals surface area contributed by atoms with Gasteiger partial charge in [0, 0.05) is 26.2 Å². The van der Waals surface area contributed by atoms with Crippen molar-refractivity contribution in [3.8, 4) is 11.8 Å². The maximum Gasteiger partial charge on any atom is 0.227 e. The summed E-state index contributed by atoms with van der Waals surface area (Å²) in [7, 11) is 0. The van der Waals surface area contributed by atoms with Crippen LogP contribution in [-0.4, -0.2) is 68.6 Å². The van der Waals surface area contributed by atoms with E-state index in [0.717, 1.165) is 61.9 Å². The molecule has 3 aromatic rings. The SMILES string of the molecule is CCCC(C)CN1CCCN(C(=O)Cc2ccc(-n3cnnn3)c(C)c2)CC1.N#Cc1ccccc1F. The number of hydrogen-bond donors (Lipinski definition) is 0. The molecule has 0 saturated carbocycles. The van der Waals surface area contributed by atoms with Crippen LogP contribution in [0.1, 0.15) is 49.8 Å². The number of carbonyl (C=O) groups is 1. The Kier molecular flexibility index (Phi) is 10.7. The molecule has 0 bridgehead atoms. The van der Waals surface area contributed by atoms with Gasteiger partial charge in [-0.2, -0.15) is 5.26 Å². The van der Waals surface area contributed by atoms with Crippen molar-refractivity contribution in [2.24, 2.45) is 5.92 Å². The molecule has 0 aliphatic carbocycles. The Bertz CT molecular complexity index is 1180. The summed E-state index contributed by atoms with van der Waals surface area (Å²) in [5.41, 5.74) is 3.13. The van der Waals surface area contributed by atoms with Gasteiger partial charge < -0.3 is 9.80 Å². The molecule has 1 fully saturated rings. The van der Waals surface area contributed by atoms with Gasteiger partial charge in [-0.3, -0.25) is 4.79 Å². The number of aromatic nitrogens is 4. The molecule has 4 rings (SSSR count). The van der Waals surface area contributed by atoms with Crippen molar-refractivity contribution in [1.29, 1.82) is 5.26 Å². The minimum atomic E-state index is -0.458. The zero-order valence-corrected chi connectivity index (χ0v) is 22.0. The maximum absolute atomic E-state index is 12.8. The molecular formula is C28H36FN7O. The van der Waals surface area contributed by atoms with Gasteiger partial charge in [-0.1, -0.05) is 44.5 Å². The monoisotopic (exact) mass is 505 g/mol. The fourth-order valence-electron chi connectivity index (χ4n) is 4.62. The number of halogens is 1. The van der Waals surface area contributed by atoms with Crippen molar-refractivity contribution < 1.29 is 9.18 Å². The number of tetrazole rings is 1. The van der Waals surface area contributed by atoms with Gasteiger partial charge in [0.05, 0.1) is 17.7 Å². The van der Waals surface area contributed by atoms with Crippen LogP contribution in [-0.2, 0) is 11.2 Å². The molecule has 1 amide bonds. The van der Waals surface area contributed by atoms with E-state index >= 15 is 0 Å². The van der Waals surface area contributed by atoms with Crippen molar-refractivity contribution in [2.45, 2.75) is 46.5 Å². The zero-order valence-electron chi connectivity index (χ0n) is 22.0. The molecule has 1 unspecified atom stereocenters. The number of benzene rings is 2. The average Bonchev–Trinajstić information content (AvgIpc) is 3.31. The number of aryl methyl sites for hydroxylation is 1. The van der Waals surface area contributed by atoms with Crippen LogP contribution in [0.5, 0.6) is 0 Å². The fourth-order valence-corrected chi connectivity index (χ4v) is 4.62. The topological polar surface area (TPSA) is 90.9 Å². The molecular weight excluding hydrogens is 469 g/mol. The standard InChI is InChI=1S/C21H32N6O.C7H4FN/c1-4-6-17(2)15-25-9-5-10-26(12-11-25)21(28)14-19-7-8-20(18(3)13-19)27-16-22-23-24-27;8-7-4-2-1-3-6(7)5-9/h7-8,13,16-17H,4-6,9-12,14-15H2,1-3H3;1-4H. The molecule has 1 aliphatic rings. The van der Waals surface area contributed by atoms with Crippen molar-refractivity contribution in [3.63, 3.8) is 0 Å². The van der Waals surface area contributed by atoms with Gasteiger partial charge in [0.2, 0.25) is 5.91 Å². The molecule has 1 aromatic heterocycles. The van der Waals surface area contributed by atoms with Crippen molar-refractivity contribution >= 4 is 5.91 Å². The summed E-state index contributed by atoms with van der Waals surface area (Å²) in [5.74, 6) is 0.493.